The third-order valence-electron chi connectivity index (χ3n) is 3.10. The number of unbranched alkanes of at least 4 members (excludes halogenated alkanes) is 1. The maximum atomic E-state index is 11.8. The Morgan fingerprint density at radius 3 is 2.25 bits per heavy atom. The van der Waals surface area contributed by atoms with Gasteiger partial charge in [0.1, 0.15) is 13.1 Å². The Balaban J connectivity index is 2.29. The minimum atomic E-state index is -0.114. The second kappa shape index (κ2) is 8.72. The van der Waals surface area contributed by atoms with Gasteiger partial charge in [-0.3, -0.25) is 4.79 Å². The van der Waals surface area contributed by atoms with Crippen molar-refractivity contribution in [1.29, 1.82) is 10.5 Å². The van der Waals surface area contributed by atoms with Crippen LogP contribution < -0.4 is 0 Å². The van der Waals surface area contributed by atoms with E-state index in [0.717, 1.165) is 19.3 Å². The van der Waals surface area contributed by atoms with Gasteiger partial charge in [-0.05, 0) is 31.7 Å². The predicted octanol–water partition coefficient (Wildman–Crippen LogP) is 2.58. The van der Waals surface area contributed by atoms with E-state index in [-0.39, 0.29) is 19.0 Å². The maximum absolute atomic E-state index is 11.8. The van der Waals surface area contributed by atoms with Crippen LogP contribution in [-0.4, -0.2) is 23.9 Å². The van der Waals surface area contributed by atoms with Crippen LogP contribution in [0.15, 0.2) is 24.3 Å². The number of amides is 1. The van der Waals surface area contributed by atoms with Crippen LogP contribution in [0.2, 0.25) is 0 Å². The van der Waals surface area contributed by atoms with Crippen molar-refractivity contribution in [3.8, 4) is 12.1 Å². The molecule has 0 saturated carbocycles. The minimum Gasteiger partial charge on any atom is -0.316 e. The van der Waals surface area contributed by atoms with Gasteiger partial charge in [0.15, 0.2) is 0 Å². The van der Waals surface area contributed by atoms with Crippen LogP contribution in [0.1, 0.15) is 30.4 Å². The molecule has 0 aliphatic carbocycles. The number of rotatable bonds is 7. The summed E-state index contributed by atoms with van der Waals surface area (Å²) in [5.41, 5.74) is 2.52. The highest BCUT2D eigenvalue weighted by Gasteiger charge is 2.11. The van der Waals surface area contributed by atoms with E-state index in [1.165, 1.54) is 16.0 Å². The maximum Gasteiger partial charge on any atom is 0.224 e. The molecule has 104 valence electrons. The van der Waals surface area contributed by atoms with Crippen LogP contribution in [0.5, 0.6) is 0 Å². The molecule has 1 amide bonds. The summed E-state index contributed by atoms with van der Waals surface area (Å²) in [5, 5.41) is 17.2. The standard InChI is InChI=1S/C16H19N3O/c1-14-6-8-15(9-7-14)4-2-3-5-16(20)19(12-10-17)13-11-18/h6-9H,2-5,12-13H2,1H3. The van der Waals surface area contributed by atoms with E-state index in [1.807, 2.05) is 12.1 Å². The zero-order valence-electron chi connectivity index (χ0n) is 11.8. The van der Waals surface area contributed by atoms with E-state index in [2.05, 4.69) is 31.2 Å². The first-order chi connectivity index (χ1) is 9.67. The van der Waals surface area contributed by atoms with E-state index < -0.39 is 0 Å². The summed E-state index contributed by atoms with van der Waals surface area (Å²) in [6.07, 6.45) is 3.06. The molecule has 0 spiro atoms. The van der Waals surface area contributed by atoms with Crippen molar-refractivity contribution in [1.82, 2.24) is 4.90 Å². The lowest BCUT2D eigenvalue weighted by Crippen LogP contribution is -2.31. The first-order valence-electron chi connectivity index (χ1n) is 6.74. The molecule has 0 saturated heterocycles. The summed E-state index contributed by atoms with van der Waals surface area (Å²) in [7, 11) is 0. The summed E-state index contributed by atoms with van der Waals surface area (Å²) in [6.45, 7) is 2.04. The van der Waals surface area contributed by atoms with E-state index >= 15 is 0 Å². The lowest BCUT2D eigenvalue weighted by atomic mass is 10.1. The molecule has 0 atom stereocenters. The van der Waals surface area contributed by atoms with Crippen LogP contribution >= 0.6 is 0 Å². The fraction of sp³-hybridized carbons (Fsp3) is 0.438. The minimum absolute atomic E-state index is 0.00957. The number of hydrogen-bond donors (Lipinski definition) is 0. The molecule has 20 heavy (non-hydrogen) atoms. The Morgan fingerprint density at radius 2 is 1.70 bits per heavy atom. The fourth-order valence-electron chi connectivity index (χ4n) is 1.92. The highest BCUT2D eigenvalue weighted by molar-refractivity contribution is 5.76. The van der Waals surface area contributed by atoms with Gasteiger partial charge in [-0.25, -0.2) is 0 Å². The van der Waals surface area contributed by atoms with Crippen LogP contribution in [0.4, 0.5) is 0 Å². The smallest absolute Gasteiger partial charge is 0.224 e. The number of benzene rings is 1. The van der Waals surface area contributed by atoms with Crippen molar-refractivity contribution in [2.45, 2.75) is 32.6 Å². The quantitative estimate of drug-likeness (QED) is 0.564. The second-order valence-electron chi connectivity index (χ2n) is 4.76. The molecule has 0 heterocycles. The average Bonchev–Trinajstić information content (AvgIpc) is 2.45. The molecule has 0 N–H and O–H groups in total. The van der Waals surface area contributed by atoms with Gasteiger partial charge >= 0.3 is 0 Å². The molecule has 0 aliphatic rings. The summed E-state index contributed by atoms with van der Waals surface area (Å²) >= 11 is 0. The SMILES string of the molecule is Cc1ccc(CCCCC(=O)N(CC#N)CC#N)cc1. The number of hydrogen-bond acceptors (Lipinski definition) is 3. The number of carbonyl (C=O) groups is 1. The highest BCUT2D eigenvalue weighted by atomic mass is 16.2. The van der Waals surface area contributed by atoms with Gasteiger partial charge in [-0.15, -0.1) is 0 Å². The van der Waals surface area contributed by atoms with Crippen molar-refractivity contribution in [3.63, 3.8) is 0 Å². The highest BCUT2D eigenvalue weighted by Crippen LogP contribution is 2.09. The summed E-state index contributed by atoms with van der Waals surface area (Å²) in [5.74, 6) is -0.114. The number of nitrogens with zero attached hydrogens (tertiary/aromatic N) is 3. The number of nitriles is 2. The van der Waals surface area contributed by atoms with Gasteiger partial charge < -0.3 is 4.90 Å². The van der Waals surface area contributed by atoms with Crippen molar-refractivity contribution in [2.24, 2.45) is 0 Å². The van der Waals surface area contributed by atoms with E-state index in [1.54, 1.807) is 0 Å². The van der Waals surface area contributed by atoms with Gasteiger partial charge in [0, 0.05) is 6.42 Å². The van der Waals surface area contributed by atoms with Crippen LogP contribution in [0.25, 0.3) is 0 Å². The molecule has 4 heteroatoms. The monoisotopic (exact) mass is 269 g/mol. The molecule has 0 aliphatic heterocycles. The average molecular weight is 269 g/mol. The summed E-state index contributed by atoms with van der Waals surface area (Å²) in [4.78, 5) is 13.1. The second-order valence-corrected chi connectivity index (χ2v) is 4.76. The zero-order valence-corrected chi connectivity index (χ0v) is 11.8. The van der Waals surface area contributed by atoms with E-state index in [0.29, 0.717) is 6.42 Å². The van der Waals surface area contributed by atoms with Crippen molar-refractivity contribution >= 4 is 5.91 Å². The van der Waals surface area contributed by atoms with Gasteiger partial charge in [0.2, 0.25) is 5.91 Å². The van der Waals surface area contributed by atoms with E-state index in [9.17, 15) is 4.79 Å². The molecule has 1 aromatic carbocycles. The molecule has 1 rings (SSSR count). The lowest BCUT2D eigenvalue weighted by Gasteiger charge is -2.15. The van der Waals surface area contributed by atoms with Gasteiger partial charge in [0.25, 0.3) is 0 Å². The molecular formula is C16H19N3O. The Morgan fingerprint density at radius 1 is 1.10 bits per heavy atom. The fourth-order valence-corrected chi connectivity index (χ4v) is 1.92. The molecule has 0 aromatic heterocycles. The van der Waals surface area contributed by atoms with Crippen LogP contribution in [0.3, 0.4) is 0 Å². The number of aryl methyl sites for hydroxylation is 2. The lowest BCUT2D eigenvalue weighted by molar-refractivity contribution is -0.130. The van der Waals surface area contributed by atoms with Crippen molar-refractivity contribution in [2.75, 3.05) is 13.1 Å². The molecule has 0 fully saturated rings. The van der Waals surface area contributed by atoms with Crippen molar-refractivity contribution in [3.05, 3.63) is 35.4 Å². The largest absolute Gasteiger partial charge is 0.316 e. The number of carbonyl (C=O) groups excluding carboxylic acids is 1. The Hall–Kier alpha value is -2.33. The molecule has 0 unspecified atom stereocenters. The van der Waals surface area contributed by atoms with E-state index in [4.69, 9.17) is 10.5 Å². The normalized spacial score (nSPS) is 9.55. The van der Waals surface area contributed by atoms with Crippen LogP contribution in [-0.2, 0) is 11.2 Å². The molecule has 1 aromatic rings. The van der Waals surface area contributed by atoms with Crippen LogP contribution in [0, 0.1) is 29.6 Å². The molecule has 0 bridgehead atoms. The third-order valence-corrected chi connectivity index (χ3v) is 3.10. The first-order valence-corrected chi connectivity index (χ1v) is 6.74. The summed E-state index contributed by atoms with van der Waals surface area (Å²) < 4.78 is 0. The van der Waals surface area contributed by atoms with Gasteiger partial charge in [-0.2, -0.15) is 10.5 Å². The van der Waals surface area contributed by atoms with Crippen molar-refractivity contribution < 1.29 is 4.79 Å². The Bertz CT molecular complexity index is 492. The summed E-state index contributed by atoms with van der Waals surface area (Å²) in [6, 6.07) is 12.2. The third kappa shape index (κ3) is 5.54. The first kappa shape index (κ1) is 15.7. The predicted molar refractivity (Wildman–Crippen MR) is 76.5 cm³/mol. The Kier molecular flexibility index (Phi) is 6.85. The van der Waals surface area contributed by atoms with Gasteiger partial charge in [-0.1, -0.05) is 29.8 Å². The Labute approximate surface area is 120 Å². The van der Waals surface area contributed by atoms with Gasteiger partial charge in [0.05, 0.1) is 12.1 Å². The molecular weight excluding hydrogens is 250 g/mol. The zero-order chi connectivity index (χ0) is 14.8. The molecule has 0 radical (unpaired) electrons. The molecule has 4 nitrogen and oxygen atoms in total. The topological polar surface area (TPSA) is 67.9 Å².